The minimum absolute atomic E-state index is 0.333. The van der Waals surface area contributed by atoms with Crippen LogP contribution in [0.3, 0.4) is 0 Å². The normalized spacial score (nSPS) is 9.43. The maximum Gasteiger partial charge on any atom is 0.335 e. The van der Waals surface area contributed by atoms with E-state index in [1.54, 1.807) is 18.2 Å². The summed E-state index contributed by atoms with van der Waals surface area (Å²) in [7, 11) is 0. The van der Waals surface area contributed by atoms with E-state index in [4.69, 9.17) is 9.84 Å². The molecule has 0 heterocycles. The third-order valence-corrected chi connectivity index (χ3v) is 1.85. The van der Waals surface area contributed by atoms with E-state index >= 15 is 0 Å². The second-order valence-corrected chi connectivity index (χ2v) is 2.75. The van der Waals surface area contributed by atoms with Gasteiger partial charge in [-0.15, -0.1) is 0 Å². The smallest absolute Gasteiger partial charge is 0.335 e. The Morgan fingerprint density at radius 1 is 1.50 bits per heavy atom. The van der Waals surface area contributed by atoms with Crippen molar-refractivity contribution in [2.45, 2.75) is 6.42 Å². The van der Waals surface area contributed by atoms with Crippen LogP contribution in [-0.4, -0.2) is 17.7 Å². The molecule has 0 saturated heterocycles. The first-order valence-electron chi connectivity index (χ1n) is 4.29. The highest BCUT2D eigenvalue weighted by molar-refractivity contribution is 5.89. The van der Waals surface area contributed by atoms with Gasteiger partial charge in [-0.2, -0.15) is 0 Å². The quantitative estimate of drug-likeness (QED) is 0.574. The molecule has 0 aliphatic heterocycles. The second-order valence-electron chi connectivity index (χ2n) is 2.75. The zero-order valence-corrected chi connectivity index (χ0v) is 7.77. The molecular formula is C11H12O3. The van der Waals surface area contributed by atoms with E-state index in [1.807, 2.05) is 6.07 Å². The zero-order valence-electron chi connectivity index (χ0n) is 7.77. The van der Waals surface area contributed by atoms with Gasteiger partial charge >= 0.3 is 5.97 Å². The van der Waals surface area contributed by atoms with Crippen LogP contribution in [0.1, 0.15) is 15.9 Å². The van der Waals surface area contributed by atoms with Gasteiger partial charge in [0.05, 0.1) is 18.4 Å². The Bertz CT molecular complexity index is 331. The van der Waals surface area contributed by atoms with E-state index in [1.165, 1.54) is 6.26 Å². The lowest BCUT2D eigenvalue weighted by molar-refractivity contribution is 0.0695. The molecule has 0 amide bonds. The molecule has 0 aromatic heterocycles. The lowest BCUT2D eigenvalue weighted by Crippen LogP contribution is -2.04. The molecule has 3 nitrogen and oxygen atoms in total. The predicted octanol–water partition coefficient (Wildman–Crippen LogP) is 2.09. The van der Waals surface area contributed by atoms with Gasteiger partial charge in [0.25, 0.3) is 0 Å². The summed E-state index contributed by atoms with van der Waals surface area (Å²) in [5.41, 5.74) is 1.11. The number of carbonyl (C=O) groups is 1. The molecule has 0 bridgehead atoms. The van der Waals surface area contributed by atoms with E-state index in [9.17, 15) is 4.79 Å². The van der Waals surface area contributed by atoms with Crippen molar-refractivity contribution in [3.05, 3.63) is 48.2 Å². The largest absolute Gasteiger partial charge is 0.501 e. The molecule has 0 fully saturated rings. The Morgan fingerprint density at radius 2 is 2.21 bits per heavy atom. The van der Waals surface area contributed by atoms with Crippen molar-refractivity contribution in [2.75, 3.05) is 6.61 Å². The Balaban J connectivity index is 2.74. The number of carboxylic acids is 1. The first-order valence-corrected chi connectivity index (χ1v) is 4.29. The maximum absolute atomic E-state index is 10.8. The average Bonchev–Trinajstić information content (AvgIpc) is 2.19. The summed E-state index contributed by atoms with van der Waals surface area (Å²) in [5, 5.41) is 8.86. The number of hydrogen-bond acceptors (Lipinski definition) is 2. The monoisotopic (exact) mass is 192 g/mol. The first kappa shape index (κ1) is 10.3. The summed E-state index contributed by atoms with van der Waals surface area (Å²) in [4.78, 5) is 10.8. The minimum atomic E-state index is -0.904. The number of benzene rings is 1. The lowest BCUT2D eigenvalue weighted by atomic mass is 10.1. The maximum atomic E-state index is 10.8. The minimum Gasteiger partial charge on any atom is -0.501 e. The number of hydrogen-bond donors (Lipinski definition) is 1. The van der Waals surface area contributed by atoms with Crippen LogP contribution in [0.2, 0.25) is 0 Å². The Kier molecular flexibility index (Phi) is 3.73. The molecule has 14 heavy (non-hydrogen) atoms. The van der Waals surface area contributed by atoms with Crippen molar-refractivity contribution in [1.29, 1.82) is 0 Å². The summed E-state index contributed by atoms with van der Waals surface area (Å²) in [6, 6.07) is 6.90. The van der Waals surface area contributed by atoms with Crippen LogP contribution >= 0.6 is 0 Å². The number of ether oxygens (including phenoxy) is 1. The molecule has 1 aromatic carbocycles. The van der Waals surface area contributed by atoms with Gasteiger partial charge in [0, 0.05) is 6.42 Å². The van der Waals surface area contributed by atoms with Crippen LogP contribution < -0.4 is 0 Å². The fourth-order valence-corrected chi connectivity index (χ4v) is 1.20. The van der Waals surface area contributed by atoms with Crippen LogP contribution in [0.15, 0.2) is 37.1 Å². The number of rotatable bonds is 5. The highest BCUT2D eigenvalue weighted by atomic mass is 16.5. The second kappa shape index (κ2) is 5.07. The molecule has 0 saturated carbocycles. The molecule has 74 valence electrons. The Labute approximate surface area is 82.6 Å². The third-order valence-electron chi connectivity index (χ3n) is 1.85. The van der Waals surface area contributed by atoms with E-state index in [-0.39, 0.29) is 0 Å². The molecule has 0 aliphatic carbocycles. The SMILES string of the molecule is C=COCCc1ccccc1C(=O)O. The number of aromatic carboxylic acids is 1. The fraction of sp³-hybridized carbons (Fsp3) is 0.182. The van der Waals surface area contributed by atoms with E-state index in [2.05, 4.69) is 6.58 Å². The molecule has 1 N–H and O–H groups in total. The first-order chi connectivity index (χ1) is 6.75. The lowest BCUT2D eigenvalue weighted by Gasteiger charge is -2.04. The molecular weight excluding hydrogens is 180 g/mol. The molecule has 0 unspecified atom stereocenters. The van der Waals surface area contributed by atoms with Gasteiger partial charge in [-0.05, 0) is 11.6 Å². The highest BCUT2D eigenvalue weighted by Gasteiger charge is 2.07. The molecule has 1 rings (SSSR count). The van der Waals surface area contributed by atoms with Crippen LogP contribution in [0, 0.1) is 0 Å². The van der Waals surface area contributed by atoms with E-state index in [0.29, 0.717) is 18.6 Å². The molecule has 3 heteroatoms. The van der Waals surface area contributed by atoms with E-state index < -0.39 is 5.97 Å². The van der Waals surface area contributed by atoms with Crippen molar-refractivity contribution in [2.24, 2.45) is 0 Å². The van der Waals surface area contributed by atoms with E-state index in [0.717, 1.165) is 5.56 Å². The van der Waals surface area contributed by atoms with Gasteiger partial charge in [-0.3, -0.25) is 0 Å². The Hall–Kier alpha value is -1.77. The standard InChI is InChI=1S/C11H12O3/c1-2-14-8-7-9-5-3-4-6-10(9)11(12)13/h2-6H,1,7-8H2,(H,12,13). The highest BCUT2D eigenvalue weighted by Crippen LogP contribution is 2.09. The van der Waals surface area contributed by atoms with Crippen molar-refractivity contribution in [1.82, 2.24) is 0 Å². The average molecular weight is 192 g/mol. The molecule has 0 atom stereocenters. The predicted molar refractivity (Wildman–Crippen MR) is 53.3 cm³/mol. The molecule has 1 aromatic rings. The van der Waals surface area contributed by atoms with Crippen LogP contribution in [0.5, 0.6) is 0 Å². The van der Waals surface area contributed by atoms with Gasteiger partial charge in [0.15, 0.2) is 0 Å². The molecule has 0 radical (unpaired) electrons. The Morgan fingerprint density at radius 3 is 2.86 bits per heavy atom. The molecule has 0 aliphatic rings. The third kappa shape index (κ3) is 2.62. The van der Waals surface area contributed by atoms with Gasteiger partial charge in [0.1, 0.15) is 0 Å². The zero-order chi connectivity index (χ0) is 10.4. The topological polar surface area (TPSA) is 46.5 Å². The van der Waals surface area contributed by atoms with Crippen LogP contribution in [-0.2, 0) is 11.2 Å². The van der Waals surface area contributed by atoms with Crippen molar-refractivity contribution >= 4 is 5.97 Å². The van der Waals surface area contributed by atoms with Crippen molar-refractivity contribution in [3.63, 3.8) is 0 Å². The summed E-state index contributed by atoms with van der Waals surface area (Å²) in [6.45, 7) is 3.86. The van der Waals surface area contributed by atoms with Gasteiger partial charge in [-0.25, -0.2) is 4.79 Å². The summed E-state index contributed by atoms with van der Waals surface area (Å²) >= 11 is 0. The summed E-state index contributed by atoms with van der Waals surface area (Å²) < 4.78 is 4.94. The van der Waals surface area contributed by atoms with Gasteiger partial charge in [-0.1, -0.05) is 24.8 Å². The van der Waals surface area contributed by atoms with Gasteiger partial charge in [0.2, 0.25) is 0 Å². The summed E-state index contributed by atoms with van der Waals surface area (Å²) in [5.74, 6) is -0.904. The summed E-state index contributed by atoms with van der Waals surface area (Å²) in [6.07, 6.45) is 1.93. The van der Waals surface area contributed by atoms with Crippen molar-refractivity contribution < 1.29 is 14.6 Å². The van der Waals surface area contributed by atoms with Crippen LogP contribution in [0.4, 0.5) is 0 Å². The van der Waals surface area contributed by atoms with Gasteiger partial charge < -0.3 is 9.84 Å². The fourth-order valence-electron chi connectivity index (χ4n) is 1.20. The van der Waals surface area contributed by atoms with Crippen molar-refractivity contribution in [3.8, 4) is 0 Å². The van der Waals surface area contributed by atoms with Crippen LogP contribution in [0.25, 0.3) is 0 Å². The number of carboxylic acid groups (broad SMARTS) is 1. The molecule has 0 spiro atoms.